The van der Waals surface area contributed by atoms with Crippen LogP contribution in [-0.4, -0.2) is 28.5 Å². The molecule has 6 nitrogen and oxygen atoms in total. The Morgan fingerprint density at radius 1 is 1.41 bits per heavy atom. The van der Waals surface area contributed by atoms with E-state index < -0.39 is 5.91 Å². The Morgan fingerprint density at radius 3 is 2.68 bits per heavy atom. The molecule has 0 spiro atoms. The number of carbonyl (C=O) groups is 1. The molecule has 0 bridgehead atoms. The Hall–Kier alpha value is -1.76. The molecular weight excluding hydrogens is 351 g/mol. The number of hydrogen-bond acceptors (Lipinski definition) is 4. The number of nitrogens with zero attached hydrogens (tertiary/aromatic N) is 3. The predicted octanol–water partition coefficient (Wildman–Crippen LogP) is 2.91. The van der Waals surface area contributed by atoms with Crippen molar-refractivity contribution >= 4 is 46.9 Å². The number of hydrogen-bond donors (Lipinski definition) is 1. The third-order valence-electron chi connectivity index (χ3n) is 2.56. The van der Waals surface area contributed by atoms with Crippen LogP contribution >= 0.6 is 34.8 Å². The van der Waals surface area contributed by atoms with Crippen LogP contribution in [0.25, 0.3) is 0 Å². The molecule has 0 aliphatic heterocycles. The minimum Gasteiger partial charge on any atom is -0.481 e. The summed E-state index contributed by atoms with van der Waals surface area (Å²) in [5.41, 5.74) is 3.06. The Kier molecular flexibility index (Phi) is 5.65. The van der Waals surface area contributed by atoms with E-state index in [0.717, 1.165) is 5.69 Å². The first-order chi connectivity index (χ1) is 10.5. The van der Waals surface area contributed by atoms with Crippen LogP contribution in [0, 0.1) is 0 Å². The molecule has 0 saturated heterocycles. The topological polar surface area (TPSA) is 68.5 Å². The monoisotopic (exact) mass is 360 g/mol. The molecule has 116 valence electrons. The van der Waals surface area contributed by atoms with Gasteiger partial charge in [0.05, 0.1) is 22.0 Å². The molecule has 0 aliphatic carbocycles. The number of ether oxygens (including phenoxy) is 1. The van der Waals surface area contributed by atoms with Gasteiger partial charge in [-0.25, -0.2) is 5.43 Å². The molecule has 1 amide bonds. The van der Waals surface area contributed by atoms with Gasteiger partial charge in [0.2, 0.25) is 0 Å². The zero-order valence-electron chi connectivity index (χ0n) is 11.4. The van der Waals surface area contributed by atoms with Gasteiger partial charge in [-0.1, -0.05) is 34.8 Å². The normalized spacial score (nSPS) is 10.9. The molecule has 1 heterocycles. The summed E-state index contributed by atoms with van der Waals surface area (Å²) in [6.45, 7) is -0.288. The van der Waals surface area contributed by atoms with Gasteiger partial charge in [-0.2, -0.15) is 10.2 Å². The van der Waals surface area contributed by atoms with Crippen molar-refractivity contribution in [2.24, 2.45) is 12.1 Å². The molecule has 1 aromatic carbocycles. The van der Waals surface area contributed by atoms with Crippen LogP contribution in [0.1, 0.15) is 5.69 Å². The predicted molar refractivity (Wildman–Crippen MR) is 85.9 cm³/mol. The van der Waals surface area contributed by atoms with Crippen molar-refractivity contribution in [3.63, 3.8) is 0 Å². The number of nitrogens with one attached hydrogen (secondary N) is 1. The SMILES string of the molecule is Cn1nccc1/C=N/NC(=O)COc1c(Cl)cc(Cl)cc1Cl. The minimum atomic E-state index is -0.458. The maximum atomic E-state index is 11.6. The van der Waals surface area contributed by atoms with Gasteiger partial charge in [0.1, 0.15) is 0 Å². The number of benzene rings is 1. The first-order valence-electron chi connectivity index (χ1n) is 6.04. The van der Waals surface area contributed by atoms with Crippen LogP contribution in [0.2, 0.25) is 15.1 Å². The van der Waals surface area contributed by atoms with E-state index in [1.165, 1.54) is 18.3 Å². The van der Waals surface area contributed by atoms with Gasteiger partial charge in [-0.3, -0.25) is 9.48 Å². The number of rotatable bonds is 5. The van der Waals surface area contributed by atoms with Gasteiger partial charge < -0.3 is 4.74 Å². The molecule has 0 aliphatic rings. The van der Waals surface area contributed by atoms with E-state index in [2.05, 4.69) is 15.6 Å². The van der Waals surface area contributed by atoms with Gasteiger partial charge >= 0.3 is 0 Å². The van der Waals surface area contributed by atoms with Crippen molar-refractivity contribution in [3.05, 3.63) is 45.2 Å². The van der Waals surface area contributed by atoms with E-state index in [4.69, 9.17) is 39.5 Å². The maximum absolute atomic E-state index is 11.6. The van der Waals surface area contributed by atoms with Crippen molar-refractivity contribution in [3.8, 4) is 5.75 Å². The van der Waals surface area contributed by atoms with Crippen LogP contribution in [0.4, 0.5) is 0 Å². The molecule has 1 N–H and O–H groups in total. The van der Waals surface area contributed by atoms with Crippen LogP contribution < -0.4 is 10.2 Å². The Bertz CT molecular complexity index is 692. The van der Waals surface area contributed by atoms with Crippen molar-refractivity contribution in [2.45, 2.75) is 0 Å². The van der Waals surface area contributed by atoms with Crippen molar-refractivity contribution in [1.29, 1.82) is 0 Å². The van der Waals surface area contributed by atoms with Crippen molar-refractivity contribution < 1.29 is 9.53 Å². The Morgan fingerprint density at radius 2 is 2.09 bits per heavy atom. The molecular formula is C13H11Cl3N4O2. The van der Waals surface area contributed by atoms with Crippen LogP contribution in [0.5, 0.6) is 5.75 Å². The highest BCUT2D eigenvalue weighted by molar-refractivity contribution is 6.40. The van der Waals surface area contributed by atoms with Gasteiger partial charge in [-0.05, 0) is 18.2 Å². The van der Waals surface area contributed by atoms with Crippen molar-refractivity contribution in [2.75, 3.05) is 6.61 Å². The molecule has 1 aromatic heterocycles. The zero-order chi connectivity index (χ0) is 16.1. The zero-order valence-corrected chi connectivity index (χ0v) is 13.7. The van der Waals surface area contributed by atoms with E-state index >= 15 is 0 Å². The van der Waals surface area contributed by atoms with Gasteiger partial charge in [0.25, 0.3) is 5.91 Å². The second kappa shape index (κ2) is 7.49. The van der Waals surface area contributed by atoms with Crippen molar-refractivity contribution in [1.82, 2.24) is 15.2 Å². The third-order valence-corrected chi connectivity index (χ3v) is 3.34. The number of halogens is 3. The highest BCUT2D eigenvalue weighted by Crippen LogP contribution is 2.35. The summed E-state index contributed by atoms with van der Waals surface area (Å²) in [5, 5.41) is 8.59. The molecule has 0 atom stereocenters. The lowest BCUT2D eigenvalue weighted by Gasteiger charge is -2.09. The highest BCUT2D eigenvalue weighted by atomic mass is 35.5. The molecule has 0 radical (unpaired) electrons. The third kappa shape index (κ3) is 4.37. The molecule has 2 rings (SSSR count). The van der Waals surface area contributed by atoms with Gasteiger partial charge in [0.15, 0.2) is 12.4 Å². The largest absolute Gasteiger partial charge is 0.481 e. The Labute approximate surface area is 141 Å². The molecule has 2 aromatic rings. The summed E-state index contributed by atoms with van der Waals surface area (Å²) in [7, 11) is 1.76. The minimum absolute atomic E-state index is 0.193. The fourth-order valence-electron chi connectivity index (χ4n) is 1.52. The molecule has 22 heavy (non-hydrogen) atoms. The number of carbonyl (C=O) groups excluding carboxylic acids is 1. The van der Waals surface area contributed by atoms with E-state index in [1.807, 2.05) is 0 Å². The fraction of sp³-hybridized carbons (Fsp3) is 0.154. The summed E-state index contributed by atoms with van der Waals surface area (Å²) < 4.78 is 6.88. The molecule has 0 unspecified atom stereocenters. The quantitative estimate of drug-likeness (QED) is 0.657. The second-order valence-corrected chi connectivity index (χ2v) is 5.41. The second-order valence-electron chi connectivity index (χ2n) is 4.16. The van der Waals surface area contributed by atoms with E-state index in [0.29, 0.717) is 5.02 Å². The standard InChI is InChI=1S/C13H11Cl3N4O2/c1-20-9(2-3-18-20)6-17-19-12(21)7-22-13-10(15)4-8(14)5-11(13)16/h2-6H,7H2,1H3,(H,19,21)/b17-6+. The summed E-state index contributed by atoms with van der Waals surface area (Å²) in [6.07, 6.45) is 3.09. The lowest BCUT2D eigenvalue weighted by Crippen LogP contribution is -2.24. The Balaban J connectivity index is 1.88. The lowest BCUT2D eigenvalue weighted by atomic mass is 10.3. The first kappa shape index (κ1) is 16.6. The number of aromatic nitrogens is 2. The number of hydrazone groups is 1. The van der Waals surface area contributed by atoms with Crippen LogP contribution in [0.15, 0.2) is 29.5 Å². The average Bonchev–Trinajstić information content (AvgIpc) is 2.83. The average molecular weight is 362 g/mol. The molecule has 9 heteroatoms. The number of amides is 1. The first-order valence-corrected chi connectivity index (χ1v) is 7.18. The lowest BCUT2D eigenvalue weighted by molar-refractivity contribution is -0.123. The van der Waals surface area contributed by atoms with Crippen LogP contribution in [0.3, 0.4) is 0 Å². The summed E-state index contributed by atoms with van der Waals surface area (Å²) in [5.74, 6) is -0.265. The molecule has 0 fully saturated rings. The number of aryl methyl sites for hydroxylation is 1. The highest BCUT2D eigenvalue weighted by Gasteiger charge is 2.11. The van der Waals surface area contributed by atoms with E-state index in [-0.39, 0.29) is 22.4 Å². The van der Waals surface area contributed by atoms with Gasteiger partial charge in [-0.15, -0.1) is 0 Å². The summed E-state index contributed by atoms with van der Waals surface area (Å²) in [4.78, 5) is 11.6. The smallest absolute Gasteiger partial charge is 0.277 e. The van der Waals surface area contributed by atoms with Gasteiger partial charge in [0, 0.05) is 18.3 Å². The summed E-state index contributed by atoms with van der Waals surface area (Å²) >= 11 is 17.7. The molecule has 0 saturated carbocycles. The van der Waals surface area contributed by atoms with E-state index in [1.54, 1.807) is 24.0 Å². The van der Waals surface area contributed by atoms with E-state index in [9.17, 15) is 4.79 Å². The fourth-order valence-corrected chi connectivity index (χ4v) is 2.44. The van der Waals surface area contributed by atoms with Crippen LogP contribution in [-0.2, 0) is 11.8 Å². The summed E-state index contributed by atoms with van der Waals surface area (Å²) in [6, 6.07) is 4.70. The maximum Gasteiger partial charge on any atom is 0.277 e.